The topological polar surface area (TPSA) is 35.2 Å². The summed E-state index contributed by atoms with van der Waals surface area (Å²) in [6.45, 7) is 0.823. The van der Waals surface area contributed by atoms with Gasteiger partial charge in [0.25, 0.3) is 0 Å². The van der Waals surface area contributed by atoms with E-state index >= 15 is 0 Å². The highest BCUT2D eigenvalue weighted by atomic mass is 16.5. The number of para-hydroxylation sites is 1. The Morgan fingerprint density at radius 3 is 2.75 bits per heavy atom. The van der Waals surface area contributed by atoms with E-state index in [1.54, 1.807) is 0 Å². The van der Waals surface area contributed by atoms with Crippen molar-refractivity contribution in [3.05, 3.63) is 29.8 Å². The van der Waals surface area contributed by atoms with Crippen molar-refractivity contribution in [1.82, 2.24) is 0 Å². The number of hydrogen-bond donors (Lipinski definition) is 1. The van der Waals surface area contributed by atoms with Crippen LogP contribution >= 0.6 is 0 Å². The van der Waals surface area contributed by atoms with Crippen molar-refractivity contribution in [2.24, 2.45) is 11.1 Å². The van der Waals surface area contributed by atoms with Crippen LogP contribution in [0.25, 0.3) is 0 Å². The van der Waals surface area contributed by atoms with Crippen LogP contribution in [-0.2, 0) is 6.42 Å². The molecule has 1 aliphatic heterocycles. The maximum atomic E-state index is 5.98. The average Bonchev–Trinajstić information content (AvgIpc) is 2.65. The molecule has 2 nitrogen and oxygen atoms in total. The Morgan fingerprint density at radius 1 is 1.31 bits per heavy atom. The molecule has 1 unspecified atom stereocenters. The third kappa shape index (κ3) is 1.61. The summed E-state index contributed by atoms with van der Waals surface area (Å²) in [5.74, 6) is 1.08. The Morgan fingerprint density at radius 2 is 2.12 bits per heavy atom. The summed E-state index contributed by atoms with van der Waals surface area (Å²) in [7, 11) is 0. The predicted molar refractivity (Wildman–Crippen MR) is 64.5 cm³/mol. The molecule has 0 saturated heterocycles. The Hall–Kier alpha value is -1.02. The zero-order valence-corrected chi connectivity index (χ0v) is 9.61. The second kappa shape index (κ2) is 3.77. The minimum absolute atomic E-state index is 0.362. The molecule has 1 aromatic carbocycles. The first-order valence-corrected chi connectivity index (χ1v) is 6.26. The zero-order chi connectivity index (χ0) is 11.0. The lowest BCUT2D eigenvalue weighted by Gasteiger charge is -2.42. The van der Waals surface area contributed by atoms with Gasteiger partial charge in [-0.1, -0.05) is 24.6 Å². The summed E-state index contributed by atoms with van der Waals surface area (Å²) >= 11 is 0. The Labute approximate surface area is 96.8 Å². The van der Waals surface area contributed by atoms with E-state index in [2.05, 4.69) is 18.2 Å². The minimum atomic E-state index is 0.362. The van der Waals surface area contributed by atoms with Gasteiger partial charge in [-0.25, -0.2) is 0 Å². The minimum Gasteiger partial charge on any atom is -0.490 e. The summed E-state index contributed by atoms with van der Waals surface area (Å²) in [6, 6.07) is 8.38. The Kier molecular flexibility index (Phi) is 2.40. The van der Waals surface area contributed by atoms with Gasteiger partial charge >= 0.3 is 0 Å². The molecule has 0 bridgehead atoms. The van der Waals surface area contributed by atoms with Crippen molar-refractivity contribution in [3.63, 3.8) is 0 Å². The van der Waals surface area contributed by atoms with E-state index in [0.29, 0.717) is 11.5 Å². The van der Waals surface area contributed by atoms with Gasteiger partial charge in [-0.05, 0) is 42.9 Å². The van der Waals surface area contributed by atoms with E-state index in [0.717, 1.165) is 25.1 Å². The molecular formula is C14H19NO. The van der Waals surface area contributed by atoms with Crippen LogP contribution in [0.1, 0.15) is 31.2 Å². The van der Waals surface area contributed by atoms with Crippen molar-refractivity contribution >= 4 is 0 Å². The van der Waals surface area contributed by atoms with Gasteiger partial charge in [0.15, 0.2) is 0 Å². The fraction of sp³-hybridized carbons (Fsp3) is 0.571. The van der Waals surface area contributed by atoms with E-state index in [1.807, 2.05) is 6.07 Å². The lowest BCUT2D eigenvalue weighted by molar-refractivity contribution is 0.0693. The fourth-order valence-corrected chi connectivity index (χ4v) is 3.02. The van der Waals surface area contributed by atoms with Crippen LogP contribution in [0.15, 0.2) is 24.3 Å². The summed E-state index contributed by atoms with van der Waals surface area (Å²) in [6.07, 6.45) is 6.49. The number of hydrogen-bond acceptors (Lipinski definition) is 2. The molecule has 1 fully saturated rings. The van der Waals surface area contributed by atoms with Crippen LogP contribution in [0.3, 0.4) is 0 Å². The number of ether oxygens (including phenoxy) is 1. The SMILES string of the molecule is NCC1(CC2Cc3ccccc3O2)CCC1. The number of benzene rings is 1. The first-order chi connectivity index (χ1) is 7.81. The van der Waals surface area contributed by atoms with Gasteiger partial charge in [-0.2, -0.15) is 0 Å². The lowest BCUT2D eigenvalue weighted by Crippen LogP contribution is -2.41. The van der Waals surface area contributed by atoms with Crippen LogP contribution < -0.4 is 10.5 Å². The van der Waals surface area contributed by atoms with Crippen molar-refractivity contribution in [1.29, 1.82) is 0 Å². The second-order valence-electron chi connectivity index (χ2n) is 5.31. The first-order valence-electron chi connectivity index (χ1n) is 6.26. The van der Waals surface area contributed by atoms with Crippen LogP contribution in [0.2, 0.25) is 0 Å². The largest absolute Gasteiger partial charge is 0.490 e. The van der Waals surface area contributed by atoms with E-state index < -0.39 is 0 Å². The summed E-state index contributed by atoms with van der Waals surface area (Å²) in [5.41, 5.74) is 7.65. The summed E-state index contributed by atoms with van der Waals surface area (Å²) in [5, 5.41) is 0. The van der Waals surface area contributed by atoms with E-state index in [4.69, 9.17) is 10.5 Å². The quantitative estimate of drug-likeness (QED) is 0.844. The van der Waals surface area contributed by atoms with Gasteiger partial charge < -0.3 is 10.5 Å². The van der Waals surface area contributed by atoms with Gasteiger partial charge in [0.1, 0.15) is 11.9 Å². The molecule has 2 N–H and O–H groups in total. The maximum Gasteiger partial charge on any atom is 0.123 e. The lowest BCUT2D eigenvalue weighted by atomic mass is 9.65. The summed E-state index contributed by atoms with van der Waals surface area (Å²) < 4.78 is 5.98. The van der Waals surface area contributed by atoms with Gasteiger partial charge in [0, 0.05) is 6.42 Å². The standard InChI is InChI=1S/C14H19NO/c15-10-14(6-3-7-14)9-12-8-11-4-1-2-5-13(11)16-12/h1-2,4-5,12H,3,6-10,15H2. The first kappa shape index (κ1) is 10.2. The number of nitrogens with two attached hydrogens (primary N) is 1. The second-order valence-corrected chi connectivity index (χ2v) is 5.31. The highest BCUT2D eigenvalue weighted by Gasteiger charge is 2.39. The third-order valence-electron chi connectivity index (χ3n) is 4.22. The molecule has 1 aromatic rings. The van der Waals surface area contributed by atoms with Crippen LogP contribution in [0.5, 0.6) is 5.75 Å². The molecular weight excluding hydrogens is 198 g/mol. The molecule has 86 valence electrons. The molecule has 0 radical (unpaired) electrons. The molecule has 1 aliphatic carbocycles. The Balaban J connectivity index is 1.68. The monoisotopic (exact) mass is 217 g/mol. The predicted octanol–water partition coefficient (Wildman–Crippen LogP) is 2.51. The van der Waals surface area contributed by atoms with Crippen LogP contribution in [0, 0.1) is 5.41 Å². The molecule has 2 aliphatic rings. The van der Waals surface area contributed by atoms with Crippen molar-refractivity contribution in [2.45, 2.75) is 38.2 Å². The highest BCUT2D eigenvalue weighted by molar-refractivity contribution is 5.37. The third-order valence-corrected chi connectivity index (χ3v) is 4.22. The van der Waals surface area contributed by atoms with Gasteiger partial charge in [0.2, 0.25) is 0 Å². The zero-order valence-electron chi connectivity index (χ0n) is 9.61. The molecule has 1 heterocycles. The number of rotatable bonds is 3. The van der Waals surface area contributed by atoms with Crippen LogP contribution in [0.4, 0.5) is 0 Å². The normalized spacial score (nSPS) is 25.7. The van der Waals surface area contributed by atoms with Crippen molar-refractivity contribution in [3.8, 4) is 5.75 Å². The van der Waals surface area contributed by atoms with Gasteiger partial charge in [0.05, 0.1) is 0 Å². The number of fused-ring (bicyclic) bond motifs is 1. The van der Waals surface area contributed by atoms with Crippen molar-refractivity contribution in [2.75, 3.05) is 6.54 Å². The molecule has 16 heavy (non-hydrogen) atoms. The van der Waals surface area contributed by atoms with Gasteiger partial charge in [-0.15, -0.1) is 0 Å². The molecule has 0 amide bonds. The van der Waals surface area contributed by atoms with Crippen molar-refractivity contribution < 1.29 is 4.74 Å². The molecule has 0 aromatic heterocycles. The molecule has 3 rings (SSSR count). The fourth-order valence-electron chi connectivity index (χ4n) is 3.02. The average molecular weight is 217 g/mol. The maximum absolute atomic E-state index is 5.98. The molecule has 1 saturated carbocycles. The van der Waals surface area contributed by atoms with Crippen LogP contribution in [-0.4, -0.2) is 12.6 Å². The highest BCUT2D eigenvalue weighted by Crippen LogP contribution is 2.46. The Bertz CT molecular complexity index is 354. The molecule has 0 spiro atoms. The van der Waals surface area contributed by atoms with Gasteiger partial charge in [-0.3, -0.25) is 0 Å². The van der Waals surface area contributed by atoms with E-state index in [9.17, 15) is 0 Å². The van der Waals surface area contributed by atoms with E-state index in [1.165, 1.54) is 24.8 Å². The smallest absolute Gasteiger partial charge is 0.123 e. The van der Waals surface area contributed by atoms with E-state index in [-0.39, 0.29) is 0 Å². The molecule has 1 atom stereocenters. The molecule has 2 heteroatoms. The summed E-state index contributed by atoms with van der Waals surface area (Å²) in [4.78, 5) is 0.